The third-order valence-electron chi connectivity index (χ3n) is 0. The first-order valence-corrected chi connectivity index (χ1v) is 4.70. The summed E-state index contributed by atoms with van der Waals surface area (Å²) >= 11 is 0. The van der Waals surface area contributed by atoms with E-state index in [1.807, 2.05) is 0 Å². The van der Waals surface area contributed by atoms with Gasteiger partial charge in [-0.2, -0.15) is 0 Å². The van der Waals surface area contributed by atoms with Gasteiger partial charge in [0.2, 0.25) is 0 Å². The zero-order valence-electron chi connectivity index (χ0n) is 10.3. The first-order chi connectivity index (χ1) is 4.00. The van der Waals surface area contributed by atoms with E-state index in [2.05, 4.69) is 0 Å². The second-order valence-corrected chi connectivity index (χ2v) is 3.08. The maximum absolute atomic E-state index is 8.88. The van der Waals surface area contributed by atoms with E-state index in [4.69, 9.17) is 38.5 Å². The fourth-order valence-corrected chi connectivity index (χ4v) is 0. The molecule has 0 saturated heterocycles. The summed E-state index contributed by atoms with van der Waals surface area (Å²) in [5.41, 5.74) is 0. The molecule has 0 aromatic carbocycles. The minimum Gasteiger partial charge on any atom is -1.00 e. The van der Waals surface area contributed by atoms with Crippen LogP contribution in [0, 0.1) is 0 Å². The molecule has 0 aliphatic heterocycles. The third kappa shape index (κ3) is 325. The van der Waals surface area contributed by atoms with Crippen LogP contribution in [0.4, 0.5) is 0 Å². The Bertz CT molecular complexity index is 141. The minimum absolute atomic E-state index is 0. The first kappa shape index (κ1) is 29.6. The van der Waals surface area contributed by atoms with Crippen molar-refractivity contribution in [2.75, 3.05) is 0 Å². The Morgan fingerprint density at radius 3 is 0.692 bits per heavy atom. The van der Waals surface area contributed by atoms with Crippen LogP contribution in [0.1, 0.15) is 5.71 Å². The van der Waals surface area contributed by atoms with Crippen LogP contribution in [0.15, 0.2) is 0 Å². The Morgan fingerprint density at radius 1 is 0.692 bits per heavy atom. The average Bonchev–Trinajstić information content (AvgIpc) is 1.12. The van der Waals surface area contributed by atoms with E-state index in [1.165, 1.54) is 0 Å². The van der Waals surface area contributed by atoms with Crippen molar-refractivity contribution >= 4 is 91.1 Å². The summed E-state index contributed by atoms with van der Waals surface area (Å²) in [6, 6.07) is 0. The van der Waals surface area contributed by atoms with Crippen molar-refractivity contribution in [3.63, 3.8) is 0 Å². The maximum atomic E-state index is 8.88. The van der Waals surface area contributed by atoms with Crippen LogP contribution in [0.2, 0.25) is 0 Å². The van der Waals surface area contributed by atoms with Gasteiger partial charge in [0, 0.05) is 0 Å². The molecule has 0 unspecified atom stereocenters. The minimum atomic E-state index is -4.64. The van der Waals surface area contributed by atoms with E-state index < -0.39 is 15.6 Å². The van der Waals surface area contributed by atoms with Gasteiger partial charge in [-0.1, -0.05) is 0 Å². The number of phosphoric acid groups is 2. The zero-order valence-corrected chi connectivity index (χ0v) is 12.5. The fraction of sp³-hybridized carbons (Fsp3) is 0. The Morgan fingerprint density at radius 2 is 0.692 bits per heavy atom. The number of hydrogen-bond donors (Lipinski definition) is 6. The van der Waals surface area contributed by atoms with E-state index in [-0.39, 0.29) is 86.7 Å². The molecule has 13 heavy (non-hydrogen) atoms. The van der Waals surface area contributed by atoms with Gasteiger partial charge in [0.25, 0.3) is 0 Å². The average molecular weight is 298 g/mol. The second-order valence-electron chi connectivity index (χ2n) is 1.03. The van der Waals surface area contributed by atoms with E-state index in [1.54, 1.807) is 0 Å². The van der Waals surface area contributed by atoms with Crippen molar-refractivity contribution in [1.82, 2.24) is 0 Å². The van der Waals surface area contributed by atoms with E-state index >= 15 is 0 Å². The molecule has 8 N–H and O–H groups in total. The van der Waals surface area contributed by atoms with Gasteiger partial charge in [-0.25, -0.2) is 9.13 Å². The fourth-order valence-electron chi connectivity index (χ4n) is 0. The van der Waals surface area contributed by atoms with Crippen molar-refractivity contribution in [2.24, 2.45) is 0 Å². The van der Waals surface area contributed by atoms with Crippen molar-refractivity contribution in [2.45, 2.75) is 0 Å². The molecule has 0 saturated carbocycles. The standard InChI is InChI=1S/2Ca.2H3O4P.H2O.4H/c;;2*1-5(2,3)4;;;;;/h;;2*(H3,1,2,3,4);1H2;;;;/q2*+2;;;;4*-1. The molecule has 0 spiro atoms. The molecule has 0 aliphatic rings. The Labute approximate surface area is 139 Å². The predicted octanol–water partition coefficient (Wildman–Crippen LogP) is -2.99. The van der Waals surface area contributed by atoms with Crippen molar-refractivity contribution in [3.8, 4) is 0 Å². The van der Waals surface area contributed by atoms with Crippen LogP contribution < -0.4 is 0 Å². The zero-order chi connectivity index (χ0) is 9.00. The van der Waals surface area contributed by atoms with Crippen LogP contribution in [0.3, 0.4) is 0 Å². The van der Waals surface area contributed by atoms with Crippen LogP contribution in [-0.2, 0) is 9.13 Å². The largest absolute Gasteiger partial charge is 2.00 e. The van der Waals surface area contributed by atoms with Crippen molar-refractivity contribution in [1.29, 1.82) is 0 Å². The van der Waals surface area contributed by atoms with Crippen LogP contribution in [0.25, 0.3) is 0 Å². The summed E-state index contributed by atoms with van der Waals surface area (Å²) < 4.78 is 17.8. The van der Waals surface area contributed by atoms with Gasteiger partial charge >= 0.3 is 91.1 Å². The first-order valence-electron chi connectivity index (χ1n) is 1.57. The molecule has 0 amide bonds. The molecular formula is H12Ca2O9P2. The van der Waals surface area contributed by atoms with Crippen molar-refractivity contribution < 1.29 is 49.7 Å². The molecule has 0 atom stereocenters. The molecule has 0 rings (SSSR count). The van der Waals surface area contributed by atoms with Gasteiger partial charge in [0.1, 0.15) is 0 Å². The molecule has 0 aromatic heterocycles. The maximum Gasteiger partial charge on any atom is 2.00 e. The van der Waals surface area contributed by atoms with Gasteiger partial charge in [-0.05, 0) is 0 Å². The molecule has 0 aliphatic carbocycles. The molecular weight excluding hydrogens is 286 g/mol. The van der Waals surface area contributed by atoms with Gasteiger partial charge < -0.3 is 40.5 Å². The molecule has 0 heterocycles. The van der Waals surface area contributed by atoms with Crippen LogP contribution >= 0.6 is 15.6 Å². The molecule has 0 fully saturated rings. The number of hydrogen-bond acceptors (Lipinski definition) is 2. The monoisotopic (exact) mass is 298 g/mol. The normalized spacial score (nSPS) is 9.08. The third-order valence-corrected chi connectivity index (χ3v) is 0. The summed E-state index contributed by atoms with van der Waals surface area (Å²) in [5, 5.41) is 0. The van der Waals surface area contributed by atoms with Crippen LogP contribution in [0.5, 0.6) is 0 Å². The van der Waals surface area contributed by atoms with Gasteiger partial charge in [-0.15, -0.1) is 0 Å². The number of rotatable bonds is 0. The quantitative estimate of drug-likeness (QED) is 0.201. The van der Waals surface area contributed by atoms with E-state index in [9.17, 15) is 0 Å². The van der Waals surface area contributed by atoms with Gasteiger partial charge in [0.05, 0.1) is 0 Å². The van der Waals surface area contributed by atoms with E-state index in [0.29, 0.717) is 0 Å². The molecule has 80 valence electrons. The van der Waals surface area contributed by atoms with Gasteiger partial charge in [-0.3, -0.25) is 0 Å². The van der Waals surface area contributed by atoms with Crippen molar-refractivity contribution in [3.05, 3.63) is 0 Å². The predicted molar refractivity (Wildman–Crippen MR) is 48.1 cm³/mol. The summed E-state index contributed by atoms with van der Waals surface area (Å²) in [4.78, 5) is 43.1. The molecule has 0 bridgehead atoms. The molecule has 9 nitrogen and oxygen atoms in total. The topological polar surface area (TPSA) is 187 Å². The molecule has 0 radical (unpaired) electrons. The summed E-state index contributed by atoms with van der Waals surface area (Å²) in [6.45, 7) is 0. The Hall–Kier alpha value is 2.70. The summed E-state index contributed by atoms with van der Waals surface area (Å²) in [7, 11) is -9.28. The molecule has 13 heteroatoms. The molecule has 0 aromatic rings. The SMILES string of the molecule is O.O=P(O)(O)O.O=P(O)(O)O.[Ca+2].[Ca+2].[H-].[H-].[H-].[H-]. The second kappa shape index (κ2) is 12.8. The van der Waals surface area contributed by atoms with Gasteiger partial charge in [0.15, 0.2) is 0 Å². The smallest absolute Gasteiger partial charge is 1.00 e. The Balaban J connectivity index is -0.00000000762. The van der Waals surface area contributed by atoms with Crippen LogP contribution in [-0.4, -0.2) is 110 Å². The Kier molecular flexibility index (Phi) is 29.1. The summed E-state index contributed by atoms with van der Waals surface area (Å²) in [6.07, 6.45) is 0. The van der Waals surface area contributed by atoms with E-state index in [0.717, 1.165) is 0 Å². The summed E-state index contributed by atoms with van der Waals surface area (Å²) in [5.74, 6) is 0.